The molecule has 0 fully saturated rings. The molecular weight excluding hydrogens is 337 g/mol. The number of alkyl halides is 2. The van der Waals surface area contributed by atoms with Crippen LogP contribution in [0.5, 0.6) is 5.75 Å². The molecule has 1 amide bonds. The van der Waals surface area contributed by atoms with E-state index in [9.17, 15) is 18.0 Å². The van der Waals surface area contributed by atoms with E-state index < -0.39 is 12.4 Å². The minimum Gasteiger partial charge on any atom is -0.434 e. The number of benzene rings is 1. The zero-order valence-corrected chi connectivity index (χ0v) is 14.6. The van der Waals surface area contributed by atoms with E-state index in [0.29, 0.717) is 0 Å². The molecule has 0 aliphatic rings. The van der Waals surface area contributed by atoms with Crippen LogP contribution in [0.3, 0.4) is 0 Å². The fourth-order valence-corrected chi connectivity index (χ4v) is 1.94. The number of amides is 1. The number of carbonyl (C=O) groups excluding carboxylic acids is 1. The van der Waals surface area contributed by atoms with Gasteiger partial charge in [0.25, 0.3) is 0 Å². The van der Waals surface area contributed by atoms with Gasteiger partial charge in [0.2, 0.25) is 5.91 Å². The summed E-state index contributed by atoms with van der Waals surface area (Å²) in [5, 5.41) is 8.27. The summed E-state index contributed by atoms with van der Waals surface area (Å²) in [5.41, 5.74) is -0.436. The number of hydrogen-bond donors (Lipinski definition) is 3. The summed E-state index contributed by atoms with van der Waals surface area (Å²) in [6.45, 7) is 2.30. The van der Waals surface area contributed by atoms with Crippen LogP contribution in [0.4, 0.5) is 13.2 Å². The van der Waals surface area contributed by atoms with Gasteiger partial charge in [-0.25, -0.2) is 4.39 Å². The van der Waals surface area contributed by atoms with Gasteiger partial charge in [-0.1, -0.05) is 6.07 Å². The Hall–Kier alpha value is -2.45. The molecule has 0 saturated carbocycles. The Morgan fingerprint density at radius 1 is 1.28 bits per heavy atom. The van der Waals surface area contributed by atoms with Crippen LogP contribution in [0.1, 0.15) is 26.3 Å². The Kier molecular flexibility index (Phi) is 7.53. The minimum absolute atomic E-state index is 0.0470. The molecule has 0 bridgehead atoms. The highest BCUT2D eigenvalue weighted by Gasteiger charge is 2.16. The molecule has 0 unspecified atom stereocenters. The maximum Gasteiger partial charge on any atom is 0.387 e. The second-order valence-electron chi connectivity index (χ2n) is 6.17. The van der Waals surface area contributed by atoms with Gasteiger partial charge in [0.1, 0.15) is 11.6 Å². The Bertz CT molecular complexity index is 616. The van der Waals surface area contributed by atoms with Gasteiger partial charge in [-0.05, 0) is 32.9 Å². The zero-order valence-electron chi connectivity index (χ0n) is 14.6. The topological polar surface area (TPSA) is 74.8 Å². The summed E-state index contributed by atoms with van der Waals surface area (Å²) in [6.07, 6.45) is 0. The molecule has 0 radical (unpaired) electrons. The molecule has 6 nitrogen and oxygen atoms in total. The maximum atomic E-state index is 13.9. The Morgan fingerprint density at radius 3 is 2.52 bits per heavy atom. The summed E-state index contributed by atoms with van der Waals surface area (Å²) in [4.78, 5) is 15.7. The van der Waals surface area contributed by atoms with Gasteiger partial charge in [0, 0.05) is 24.7 Å². The number of nitrogens with zero attached hydrogens (tertiary/aromatic N) is 1. The third-order valence-corrected chi connectivity index (χ3v) is 2.88. The van der Waals surface area contributed by atoms with Gasteiger partial charge in [-0.3, -0.25) is 9.79 Å². The lowest BCUT2D eigenvalue weighted by atomic mass is 10.1. The summed E-state index contributed by atoms with van der Waals surface area (Å²) < 4.78 is 43.0. The van der Waals surface area contributed by atoms with Crippen molar-refractivity contribution >= 4 is 11.9 Å². The second kappa shape index (κ2) is 9.14. The molecule has 1 rings (SSSR count). The number of aliphatic imine (C=N–C) groups is 1. The highest BCUT2D eigenvalue weighted by atomic mass is 19.3. The number of rotatable bonds is 6. The number of ether oxygens (including phenoxy) is 1. The molecular formula is C16H23F3N4O2. The first-order chi connectivity index (χ1) is 11.6. The van der Waals surface area contributed by atoms with E-state index in [2.05, 4.69) is 25.7 Å². The van der Waals surface area contributed by atoms with Crippen molar-refractivity contribution < 1.29 is 22.7 Å². The zero-order chi connectivity index (χ0) is 19.0. The fourth-order valence-electron chi connectivity index (χ4n) is 1.94. The smallest absolute Gasteiger partial charge is 0.387 e. The maximum absolute atomic E-state index is 13.9. The molecule has 9 heteroatoms. The van der Waals surface area contributed by atoms with Gasteiger partial charge in [0.15, 0.2) is 5.96 Å². The van der Waals surface area contributed by atoms with Crippen LogP contribution < -0.4 is 20.7 Å². The number of nitrogens with one attached hydrogen (secondary N) is 3. The highest BCUT2D eigenvalue weighted by molar-refractivity contribution is 5.86. The van der Waals surface area contributed by atoms with Gasteiger partial charge in [0.05, 0.1) is 6.54 Å². The molecule has 0 aliphatic heterocycles. The Morgan fingerprint density at radius 2 is 1.96 bits per heavy atom. The van der Waals surface area contributed by atoms with Crippen molar-refractivity contribution in [3.05, 3.63) is 29.6 Å². The van der Waals surface area contributed by atoms with Crippen molar-refractivity contribution in [3.63, 3.8) is 0 Å². The van der Waals surface area contributed by atoms with Crippen LogP contribution in [0.15, 0.2) is 23.2 Å². The van der Waals surface area contributed by atoms with Crippen molar-refractivity contribution in [3.8, 4) is 5.75 Å². The van der Waals surface area contributed by atoms with Crippen molar-refractivity contribution in [1.29, 1.82) is 0 Å². The monoisotopic (exact) mass is 360 g/mol. The van der Waals surface area contributed by atoms with E-state index in [1.54, 1.807) is 0 Å². The summed E-state index contributed by atoms with van der Waals surface area (Å²) in [6, 6.07) is 3.67. The first kappa shape index (κ1) is 20.6. The van der Waals surface area contributed by atoms with Gasteiger partial charge in [-0.2, -0.15) is 8.78 Å². The third kappa shape index (κ3) is 7.77. The molecule has 0 heterocycles. The SMILES string of the molecule is CN=C(NCC(=O)NC(C)(C)C)NCc1c(F)cccc1OC(F)F. The molecule has 0 aromatic heterocycles. The van der Waals surface area contributed by atoms with E-state index in [1.807, 2.05) is 20.8 Å². The average molecular weight is 360 g/mol. The molecule has 0 spiro atoms. The highest BCUT2D eigenvalue weighted by Crippen LogP contribution is 2.23. The quantitative estimate of drug-likeness (QED) is 0.536. The molecule has 1 aromatic carbocycles. The molecule has 140 valence electrons. The van der Waals surface area contributed by atoms with Crippen molar-refractivity contribution in [2.24, 2.45) is 4.99 Å². The minimum atomic E-state index is -3.06. The van der Waals surface area contributed by atoms with Gasteiger partial charge < -0.3 is 20.7 Å². The lowest BCUT2D eigenvalue weighted by Gasteiger charge is -2.21. The van der Waals surface area contributed by atoms with Crippen LogP contribution >= 0.6 is 0 Å². The van der Waals surface area contributed by atoms with E-state index in [4.69, 9.17) is 0 Å². The molecule has 0 saturated heterocycles. The van der Waals surface area contributed by atoms with Crippen molar-refractivity contribution in [2.45, 2.75) is 39.5 Å². The van der Waals surface area contributed by atoms with Crippen molar-refractivity contribution in [2.75, 3.05) is 13.6 Å². The first-order valence-corrected chi connectivity index (χ1v) is 7.60. The average Bonchev–Trinajstić information content (AvgIpc) is 2.47. The van der Waals surface area contributed by atoms with E-state index in [0.717, 1.165) is 6.07 Å². The lowest BCUT2D eigenvalue weighted by Crippen LogP contribution is -2.48. The Labute approximate surface area is 144 Å². The fraction of sp³-hybridized carbons (Fsp3) is 0.500. The summed E-state index contributed by atoms with van der Waals surface area (Å²) in [5.74, 6) is -0.978. The van der Waals surface area contributed by atoms with Crippen LogP contribution in [0, 0.1) is 5.82 Å². The lowest BCUT2D eigenvalue weighted by molar-refractivity contribution is -0.121. The Balaban J connectivity index is 2.65. The number of hydrogen-bond acceptors (Lipinski definition) is 3. The van der Waals surface area contributed by atoms with Crippen LogP contribution in [0.2, 0.25) is 0 Å². The molecule has 25 heavy (non-hydrogen) atoms. The first-order valence-electron chi connectivity index (χ1n) is 7.60. The van der Waals surface area contributed by atoms with Gasteiger partial charge >= 0.3 is 6.61 Å². The van der Waals surface area contributed by atoms with Crippen LogP contribution in [-0.2, 0) is 11.3 Å². The molecule has 0 aliphatic carbocycles. The van der Waals surface area contributed by atoms with Crippen LogP contribution in [-0.4, -0.2) is 37.6 Å². The normalized spacial score (nSPS) is 12.1. The summed E-state index contributed by atoms with van der Waals surface area (Å²) >= 11 is 0. The van der Waals surface area contributed by atoms with E-state index in [-0.39, 0.29) is 41.8 Å². The number of halogens is 3. The largest absolute Gasteiger partial charge is 0.434 e. The molecule has 0 atom stereocenters. The number of carbonyl (C=O) groups is 1. The second-order valence-corrected chi connectivity index (χ2v) is 6.17. The van der Waals surface area contributed by atoms with E-state index in [1.165, 1.54) is 19.2 Å². The third-order valence-electron chi connectivity index (χ3n) is 2.88. The molecule has 3 N–H and O–H groups in total. The summed E-state index contributed by atoms with van der Waals surface area (Å²) in [7, 11) is 1.47. The number of guanidine groups is 1. The standard InChI is InChI=1S/C16H23F3N4O2/c1-16(2,3)23-13(24)9-22-15(20-4)21-8-10-11(17)6-5-7-12(10)25-14(18)19/h5-7,14H,8-9H2,1-4H3,(H,23,24)(H2,20,21,22). The molecule has 1 aromatic rings. The van der Waals surface area contributed by atoms with E-state index >= 15 is 0 Å². The van der Waals surface area contributed by atoms with Gasteiger partial charge in [-0.15, -0.1) is 0 Å². The predicted molar refractivity (Wildman–Crippen MR) is 89.1 cm³/mol. The van der Waals surface area contributed by atoms with Crippen molar-refractivity contribution in [1.82, 2.24) is 16.0 Å². The predicted octanol–water partition coefficient (Wildman–Crippen LogP) is 2.01. The van der Waals surface area contributed by atoms with Crippen LogP contribution in [0.25, 0.3) is 0 Å².